The van der Waals surface area contributed by atoms with Gasteiger partial charge in [-0.25, -0.2) is 4.39 Å². The molecule has 1 aliphatic rings. The lowest BCUT2D eigenvalue weighted by Gasteiger charge is -2.37. The molecular weight excluding hydrogens is 285 g/mol. The average Bonchev–Trinajstić information content (AvgIpc) is 2.47. The minimum atomic E-state index is -1.93. The van der Waals surface area contributed by atoms with Crippen LogP contribution in [0.2, 0.25) is 0 Å². The third-order valence-corrected chi connectivity index (χ3v) is 3.36. The minimum absolute atomic E-state index is 0.141. The summed E-state index contributed by atoms with van der Waals surface area (Å²) < 4.78 is 24.1. The van der Waals surface area contributed by atoms with Gasteiger partial charge in [-0.2, -0.15) is 0 Å². The molecule has 0 radical (unpaired) electrons. The highest BCUT2D eigenvalue weighted by molar-refractivity contribution is 5.39. The lowest BCUT2D eigenvalue weighted by molar-refractivity contribution is -0.386. The number of benzene rings is 1. The van der Waals surface area contributed by atoms with E-state index in [0.29, 0.717) is 0 Å². The van der Waals surface area contributed by atoms with Crippen molar-refractivity contribution < 1.29 is 29.0 Å². The molecule has 0 spiro atoms. The Hall–Kier alpha value is -1.61. The summed E-state index contributed by atoms with van der Waals surface area (Å²) in [5, 5.41) is 29.9. The summed E-state index contributed by atoms with van der Waals surface area (Å²) in [7, 11) is 0. The van der Waals surface area contributed by atoms with Crippen molar-refractivity contribution in [3.05, 3.63) is 39.9 Å². The normalized spacial score (nSPS) is 32.9. The Morgan fingerprint density at radius 1 is 1.38 bits per heavy atom. The number of ether oxygens (including phenoxy) is 2. The zero-order valence-electron chi connectivity index (χ0n) is 11.3. The molecule has 8 heteroatoms. The topological polar surface area (TPSA) is 102 Å². The number of nitro benzene ring substituents is 1. The molecule has 1 saturated heterocycles. The average molecular weight is 301 g/mol. The van der Waals surface area contributed by atoms with E-state index in [0.717, 1.165) is 0 Å². The van der Waals surface area contributed by atoms with E-state index in [-0.39, 0.29) is 17.9 Å². The lowest BCUT2D eigenvalue weighted by atomic mass is 10.0. The molecule has 7 nitrogen and oxygen atoms in total. The van der Waals surface area contributed by atoms with Gasteiger partial charge in [-0.3, -0.25) is 10.1 Å². The highest BCUT2D eigenvalue weighted by atomic mass is 19.1. The van der Waals surface area contributed by atoms with Gasteiger partial charge in [0.25, 0.3) is 5.69 Å². The lowest BCUT2D eigenvalue weighted by Crippen LogP contribution is -2.55. The van der Waals surface area contributed by atoms with Gasteiger partial charge in [-0.1, -0.05) is 12.1 Å². The maximum atomic E-state index is 13.8. The molecule has 5 atom stereocenters. The van der Waals surface area contributed by atoms with E-state index < -0.39 is 35.7 Å². The van der Waals surface area contributed by atoms with Crippen LogP contribution in [0.25, 0.3) is 0 Å². The SMILES string of the molecule is C[C@@H]1O[C@H](OCc2ccccc2[N+](=O)[O-])[C@@H](F)C(O)[C@@H]1O. The monoisotopic (exact) mass is 301 g/mol. The van der Waals surface area contributed by atoms with Gasteiger partial charge in [-0.15, -0.1) is 0 Å². The van der Waals surface area contributed by atoms with Crippen LogP contribution in [-0.2, 0) is 16.1 Å². The first-order valence-electron chi connectivity index (χ1n) is 6.41. The van der Waals surface area contributed by atoms with Gasteiger partial charge in [0.15, 0.2) is 12.5 Å². The molecule has 1 heterocycles. The van der Waals surface area contributed by atoms with Gasteiger partial charge in [-0.05, 0) is 13.0 Å². The predicted molar refractivity (Wildman–Crippen MR) is 69.1 cm³/mol. The molecule has 0 saturated carbocycles. The van der Waals surface area contributed by atoms with Crippen molar-refractivity contribution in [1.29, 1.82) is 0 Å². The van der Waals surface area contributed by atoms with Crippen molar-refractivity contribution in [2.24, 2.45) is 0 Å². The molecule has 0 aromatic heterocycles. The van der Waals surface area contributed by atoms with Crippen molar-refractivity contribution in [2.75, 3.05) is 0 Å². The van der Waals surface area contributed by atoms with Crippen LogP contribution in [0.4, 0.5) is 10.1 Å². The number of hydrogen-bond donors (Lipinski definition) is 2. The van der Waals surface area contributed by atoms with Crippen LogP contribution in [-0.4, -0.2) is 45.9 Å². The van der Waals surface area contributed by atoms with E-state index in [1.807, 2.05) is 0 Å². The van der Waals surface area contributed by atoms with Crippen LogP contribution in [0.1, 0.15) is 12.5 Å². The fourth-order valence-electron chi connectivity index (χ4n) is 2.11. The van der Waals surface area contributed by atoms with Gasteiger partial charge in [0.2, 0.25) is 0 Å². The largest absolute Gasteiger partial charge is 0.388 e. The predicted octanol–water partition coefficient (Wildman–Crippen LogP) is 0.916. The number of aliphatic hydroxyl groups is 2. The van der Waals surface area contributed by atoms with Crippen LogP contribution >= 0.6 is 0 Å². The molecule has 0 bridgehead atoms. The second-order valence-corrected chi connectivity index (χ2v) is 4.83. The molecule has 0 amide bonds. The number of halogens is 1. The number of para-hydroxylation sites is 1. The maximum absolute atomic E-state index is 13.8. The summed E-state index contributed by atoms with van der Waals surface area (Å²) in [6.45, 7) is 1.23. The molecule has 1 aromatic rings. The third-order valence-electron chi connectivity index (χ3n) is 3.36. The van der Waals surface area contributed by atoms with Crippen molar-refractivity contribution in [1.82, 2.24) is 0 Å². The van der Waals surface area contributed by atoms with Gasteiger partial charge >= 0.3 is 0 Å². The Balaban J connectivity index is 2.05. The standard InChI is InChI=1S/C13H16FNO6/c1-7-11(16)12(17)10(14)13(21-7)20-6-8-4-2-3-5-9(8)15(18)19/h2-5,7,10-13,16-17H,6H2,1H3/t7-,10-,11+,12?,13-/m0/s1. The fourth-order valence-corrected chi connectivity index (χ4v) is 2.11. The van der Waals surface area contributed by atoms with Gasteiger partial charge < -0.3 is 19.7 Å². The van der Waals surface area contributed by atoms with E-state index in [4.69, 9.17) is 9.47 Å². The molecule has 2 N–H and O–H groups in total. The Morgan fingerprint density at radius 2 is 2.05 bits per heavy atom. The molecule has 1 aliphatic heterocycles. The Morgan fingerprint density at radius 3 is 2.71 bits per heavy atom. The number of rotatable bonds is 4. The summed E-state index contributed by atoms with van der Waals surface area (Å²) in [4.78, 5) is 10.3. The number of hydrogen-bond acceptors (Lipinski definition) is 6. The number of alkyl halides is 1. The molecular formula is C13H16FNO6. The van der Waals surface area contributed by atoms with Crippen LogP contribution in [0.3, 0.4) is 0 Å². The van der Waals surface area contributed by atoms with Gasteiger partial charge in [0.05, 0.1) is 23.2 Å². The molecule has 21 heavy (non-hydrogen) atoms. The van der Waals surface area contributed by atoms with Gasteiger partial charge in [0.1, 0.15) is 12.2 Å². The van der Waals surface area contributed by atoms with E-state index in [1.165, 1.54) is 25.1 Å². The smallest absolute Gasteiger partial charge is 0.274 e. The van der Waals surface area contributed by atoms with Crippen molar-refractivity contribution in [3.63, 3.8) is 0 Å². The Kier molecular flexibility index (Phi) is 4.84. The highest BCUT2D eigenvalue weighted by Gasteiger charge is 2.43. The second kappa shape index (κ2) is 6.44. The second-order valence-electron chi connectivity index (χ2n) is 4.83. The summed E-state index contributed by atoms with van der Waals surface area (Å²) in [6, 6.07) is 5.91. The summed E-state index contributed by atoms with van der Waals surface area (Å²) in [5.41, 5.74) is 0.129. The van der Waals surface area contributed by atoms with E-state index in [9.17, 15) is 24.7 Å². The number of nitro groups is 1. The van der Waals surface area contributed by atoms with Crippen molar-refractivity contribution in [3.8, 4) is 0 Å². The van der Waals surface area contributed by atoms with E-state index >= 15 is 0 Å². The molecule has 1 fully saturated rings. The maximum Gasteiger partial charge on any atom is 0.274 e. The fraction of sp³-hybridized carbons (Fsp3) is 0.538. The third kappa shape index (κ3) is 3.35. The molecule has 1 unspecified atom stereocenters. The van der Waals surface area contributed by atoms with Crippen LogP contribution < -0.4 is 0 Å². The number of aliphatic hydroxyl groups excluding tert-OH is 2. The van der Waals surface area contributed by atoms with Crippen molar-refractivity contribution >= 4 is 5.69 Å². The van der Waals surface area contributed by atoms with Crippen molar-refractivity contribution in [2.45, 2.75) is 44.3 Å². The Labute approximate surface area is 120 Å². The van der Waals surface area contributed by atoms with E-state index in [2.05, 4.69) is 0 Å². The summed E-state index contributed by atoms with van der Waals surface area (Å²) in [5.74, 6) is 0. The quantitative estimate of drug-likeness (QED) is 0.633. The molecule has 1 aromatic carbocycles. The first-order valence-corrected chi connectivity index (χ1v) is 6.41. The zero-order chi connectivity index (χ0) is 15.6. The molecule has 2 rings (SSSR count). The number of nitrogens with zero attached hydrogens (tertiary/aromatic N) is 1. The Bertz CT molecular complexity index is 513. The van der Waals surface area contributed by atoms with Crippen LogP contribution in [0, 0.1) is 10.1 Å². The van der Waals surface area contributed by atoms with Crippen LogP contribution in [0.5, 0.6) is 0 Å². The molecule has 116 valence electrons. The highest BCUT2D eigenvalue weighted by Crippen LogP contribution is 2.26. The van der Waals surface area contributed by atoms with E-state index in [1.54, 1.807) is 6.07 Å². The van der Waals surface area contributed by atoms with Crippen LogP contribution in [0.15, 0.2) is 24.3 Å². The summed E-state index contributed by atoms with van der Waals surface area (Å²) in [6.07, 6.45) is -7.09. The first kappa shape index (κ1) is 15.8. The van der Waals surface area contributed by atoms with Gasteiger partial charge in [0, 0.05) is 6.07 Å². The molecule has 0 aliphatic carbocycles. The summed E-state index contributed by atoms with van der Waals surface area (Å²) >= 11 is 0. The first-order chi connectivity index (χ1) is 9.91. The minimum Gasteiger partial charge on any atom is -0.388 e. The zero-order valence-corrected chi connectivity index (χ0v) is 11.3.